The van der Waals surface area contributed by atoms with E-state index in [1.54, 1.807) is 12.4 Å². The Bertz CT molecular complexity index is 433. The van der Waals surface area contributed by atoms with Gasteiger partial charge in [0, 0.05) is 0 Å². The molecule has 0 saturated carbocycles. The highest BCUT2D eigenvalue weighted by Gasteiger charge is 2.08. The topological polar surface area (TPSA) is 12.9 Å². The zero-order chi connectivity index (χ0) is 8.72. The molecule has 0 aliphatic carbocycles. The van der Waals surface area contributed by atoms with E-state index in [2.05, 4.69) is 4.98 Å². The molecule has 62 valence electrons. The Morgan fingerprint density at radius 1 is 1.33 bits per heavy atom. The van der Waals surface area contributed by atoms with Crippen molar-refractivity contribution in [3.63, 3.8) is 0 Å². The molecule has 2 aromatic rings. The number of aromatic nitrogens is 1. The molecule has 0 unspecified atom stereocenters. The van der Waals surface area contributed by atoms with E-state index in [0.29, 0.717) is 10.3 Å². The molecule has 0 fully saturated rings. The van der Waals surface area contributed by atoms with Gasteiger partial charge in [-0.1, -0.05) is 6.07 Å². The molecule has 0 radical (unpaired) electrons. The molecule has 1 heterocycles. The van der Waals surface area contributed by atoms with Gasteiger partial charge < -0.3 is 0 Å². The van der Waals surface area contributed by atoms with Crippen LogP contribution in [0.3, 0.4) is 0 Å². The summed E-state index contributed by atoms with van der Waals surface area (Å²) < 4.78 is 14.1. The summed E-state index contributed by atoms with van der Waals surface area (Å²) in [5, 5.41) is 0. The van der Waals surface area contributed by atoms with Gasteiger partial charge in [0.15, 0.2) is 0 Å². The third kappa shape index (κ3) is 0.932. The highest BCUT2D eigenvalue weighted by Crippen LogP contribution is 2.26. The number of hydrogen-bond acceptors (Lipinski definition) is 2. The molecule has 3 heteroatoms. The minimum atomic E-state index is -0.127. The van der Waals surface area contributed by atoms with Crippen molar-refractivity contribution < 1.29 is 4.39 Å². The molecular weight excluding hydrogens is 173 g/mol. The Hall–Kier alpha value is -0.960. The number of nitrogens with zero attached hydrogens (tertiary/aromatic N) is 1. The maximum Gasteiger partial charge on any atom is 0.145 e. The molecule has 0 atom stereocenters. The van der Waals surface area contributed by atoms with Crippen molar-refractivity contribution in [3.05, 3.63) is 28.5 Å². The lowest BCUT2D eigenvalue weighted by Gasteiger charge is -1.99. The normalized spacial score (nSPS) is 10.9. The first-order valence-corrected chi connectivity index (χ1v) is 4.57. The summed E-state index contributed by atoms with van der Waals surface area (Å²) in [5.41, 5.74) is 4.22. The second-order valence-corrected chi connectivity index (χ2v) is 3.71. The molecule has 12 heavy (non-hydrogen) atoms. The summed E-state index contributed by atoms with van der Waals surface area (Å²) in [7, 11) is 0. The highest BCUT2D eigenvalue weighted by atomic mass is 32.1. The Morgan fingerprint density at radius 2 is 2.08 bits per heavy atom. The number of halogens is 1. The fraction of sp³-hybridized carbons (Fsp3) is 0.222. The second-order valence-electron chi connectivity index (χ2n) is 2.85. The van der Waals surface area contributed by atoms with Crippen molar-refractivity contribution in [1.82, 2.24) is 4.98 Å². The van der Waals surface area contributed by atoms with Crippen LogP contribution in [0.1, 0.15) is 11.1 Å². The van der Waals surface area contributed by atoms with Gasteiger partial charge in [0.2, 0.25) is 0 Å². The van der Waals surface area contributed by atoms with Crippen LogP contribution >= 0.6 is 11.3 Å². The monoisotopic (exact) mass is 181 g/mol. The average Bonchev–Trinajstić information content (AvgIpc) is 2.48. The molecule has 0 aliphatic rings. The molecule has 0 saturated heterocycles. The third-order valence-corrected chi connectivity index (χ3v) is 2.74. The minimum absolute atomic E-state index is 0.127. The summed E-state index contributed by atoms with van der Waals surface area (Å²) in [6.45, 7) is 3.73. The zero-order valence-corrected chi connectivity index (χ0v) is 7.70. The molecule has 0 aliphatic heterocycles. The van der Waals surface area contributed by atoms with Crippen LogP contribution in [0.2, 0.25) is 0 Å². The molecule has 0 spiro atoms. The number of benzene rings is 1. The summed E-state index contributed by atoms with van der Waals surface area (Å²) in [4.78, 5) is 4.10. The van der Waals surface area contributed by atoms with Crippen LogP contribution in [0.25, 0.3) is 10.2 Å². The maximum atomic E-state index is 13.4. The lowest BCUT2D eigenvalue weighted by molar-refractivity contribution is 0.632. The van der Waals surface area contributed by atoms with Crippen LogP contribution in [0.15, 0.2) is 11.6 Å². The third-order valence-electron chi connectivity index (χ3n) is 1.92. The van der Waals surface area contributed by atoms with E-state index in [1.807, 2.05) is 13.0 Å². The van der Waals surface area contributed by atoms with E-state index in [0.717, 1.165) is 11.1 Å². The van der Waals surface area contributed by atoms with Crippen molar-refractivity contribution in [3.8, 4) is 0 Å². The number of rotatable bonds is 0. The molecule has 0 N–H and O–H groups in total. The van der Waals surface area contributed by atoms with E-state index in [4.69, 9.17) is 0 Å². The predicted octanol–water partition coefficient (Wildman–Crippen LogP) is 3.05. The van der Waals surface area contributed by atoms with Crippen LogP contribution in [-0.2, 0) is 0 Å². The average molecular weight is 181 g/mol. The van der Waals surface area contributed by atoms with Gasteiger partial charge >= 0.3 is 0 Å². The van der Waals surface area contributed by atoms with E-state index < -0.39 is 0 Å². The van der Waals surface area contributed by atoms with Gasteiger partial charge in [-0.3, -0.25) is 0 Å². The van der Waals surface area contributed by atoms with Crippen molar-refractivity contribution in [1.29, 1.82) is 0 Å². The fourth-order valence-electron chi connectivity index (χ4n) is 1.32. The highest BCUT2D eigenvalue weighted by molar-refractivity contribution is 7.16. The molecule has 1 aromatic carbocycles. The van der Waals surface area contributed by atoms with Crippen molar-refractivity contribution in [2.75, 3.05) is 0 Å². The standard InChI is InChI=1S/C9H8FNS/c1-5-3-6(2)8-9(7(5)10)12-4-11-8/h3-4H,1-2H3. The van der Waals surface area contributed by atoms with Crippen molar-refractivity contribution >= 4 is 21.6 Å². The number of thiazole rings is 1. The summed E-state index contributed by atoms with van der Waals surface area (Å²) in [6, 6.07) is 1.83. The minimum Gasteiger partial charge on any atom is -0.244 e. The summed E-state index contributed by atoms with van der Waals surface area (Å²) >= 11 is 1.36. The van der Waals surface area contributed by atoms with E-state index in [1.165, 1.54) is 11.3 Å². The van der Waals surface area contributed by atoms with Crippen LogP contribution in [0, 0.1) is 19.7 Å². The van der Waals surface area contributed by atoms with Crippen LogP contribution in [-0.4, -0.2) is 4.98 Å². The van der Waals surface area contributed by atoms with Gasteiger partial charge in [-0.2, -0.15) is 0 Å². The van der Waals surface area contributed by atoms with Gasteiger partial charge in [-0.05, 0) is 25.0 Å². The van der Waals surface area contributed by atoms with E-state index in [-0.39, 0.29) is 5.82 Å². The molecule has 0 amide bonds. The zero-order valence-electron chi connectivity index (χ0n) is 6.89. The Kier molecular flexibility index (Phi) is 1.61. The molecule has 2 rings (SSSR count). The number of hydrogen-bond donors (Lipinski definition) is 0. The second kappa shape index (κ2) is 2.52. The first-order valence-electron chi connectivity index (χ1n) is 3.69. The van der Waals surface area contributed by atoms with E-state index >= 15 is 0 Å². The molecular formula is C9H8FNS. The lowest BCUT2D eigenvalue weighted by atomic mass is 10.1. The summed E-state index contributed by atoms with van der Waals surface area (Å²) in [5.74, 6) is -0.127. The Balaban J connectivity index is 2.97. The smallest absolute Gasteiger partial charge is 0.145 e. The van der Waals surface area contributed by atoms with Crippen LogP contribution in [0.5, 0.6) is 0 Å². The fourth-order valence-corrected chi connectivity index (χ4v) is 2.17. The van der Waals surface area contributed by atoms with Crippen LogP contribution < -0.4 is 0 Å². The largest absolute Gasteiger partial charge is 0.244 e. The SMILES string of the molecule is Cc1cc(C)c2ncsc2c1F. The Labute approximate surface area is 73.9 Å². The quantitative estimate of drug-likeness (QED) is 0.608. The van der Waals surface area contributed by atoms with E-state index in [9.17, 15) is 4.39 Å². The van der Waals surface area contributed by atoms with Crippen molar-refractivity contribution in [2.24, 2.45) is 0 Å². The molecule has 1 nitrogen and oxygen atoms in total. The lowest BCUT2D eigenvalue weighted by Crippen LogP contribution is -1.85. The first kappa shape index (κ1) is 7.68. The molecule has 1 aromatic heterocycles. The number of aryl methyl sites for hydroxylation is 2. The van der Waals surface area contributed by atoms with Gasteiger partial charge in [0.1, 0.15) is 5.82 Å². The predicted molar refractivity (Wildman–Crippen MR) is 49.1 cm³/mol. The van der Waals surface area contributed by atoms with Gasteiger partial charge in [0.05, 0.1) is 15.7 Å². The van der Waals surface area contributed by atoms with Crippen molar-refractivity contribution in [2.45, 2.75) is 13.8 Å². The Morgan fingerprint density at radius 3 is 2.83 bits per heavy atom. The summed E-state index contributed by atoms with van der Waals surface area (Å²) in [6.07, 6.45) is 0. The van der Waals surface area contributed by atoms with Gasteiger partial charge in [-0.15, -0.1) is 11.3 Å². The van der Waals surface area contributed by atoms with Crippen LogP contribution in [0.4, 0.5) is 4.39 Å². The van der Waals surface area contributed by atoms with Gasteiger partial charge in [-0.25, -0.2) is 9.37 Å². The molecule has 0 bridgehead atoms. The maximum absolute atomic E-state index is 13.4. The first-order chi connectivity index (χ1) is 5.70. The number of fused-ring (bicyclic) bond motifs is 1. The van der Waals surface area contributed by atoms with Gasteiger partial charge in [0.25, 0.3) is 0 Å².